The van der Waals surface area contributed by atoms with Crippen molar-refractivity contribution in [1.82, 2.24) is 9.62 Å². The molecule has 0 radical (unpaired) electrons. The quantitative estimate of drug-likeness (QED) is 0.896. The van der Waals surface area contributed by atoms with Crippen molar-refractivity contribution >= 4 is 15.9 Å². The van der Waals surface area contributed by atoms with E-state index in [1.165, 1.54) is 19.2 Å². The number of benzene rings is 1. The van der Waals surface area contributed by atoms with Gasteiger partial charge in [0.2, 0.25) is 15.9 Å². The second-order valence-corrected chi connectivity index (χ2v) is 7.31. The molecule has 0 aromatic heterocycles. The topological polar surface area (TPSA) is 66.5 Å². The molecule has 1 N–H and O–H groups in total. The molecule has 7 heteroatoms. The van der Waals surface area contributed by atoms with E-state index in [1.54, 1.807) is 0 Å². The largest absolute Gasteiger partial charge is 0.352 e. The van der Waals surface area contributed by atoms with Crippen LogP contribution in [0.3, 0.4) is 0 Å². The summed E-state index contributed by atoms with van der Waals surface area (Å²) in [5, 5.41) is 2.84. The van der Waals surface area contributed by atoms with Crippen molar-refractivity contribution in [3.05, 3.63) is 30.1 Å². The summed E-state index contributed by atoms with van der Waals surface area (Å²) in [7, 11) is -2.44. The average molecular weight is 314 g/mol. The van der Waals surface area contributed by atoms with Crippen molar-refractivity contribution in [2.75, 3.05) is 13.6 Å². The number of sulfonamides is 1. The van der Waals surface area contributed by atoms with Gasteiger partial charge in [-0.25, -0.2) is 12.8 Å². The maximum atomic E-state index is 12.8. The van der Waals surface area contributed by atoms with E-state index in [0.29, 0.717) is 0 Å². The molecule has 21 heavy (non-hydrogen) atoms. The van der Waals surface area contributed by atoms with E-state index < -0.39 is 15.8 Å². The Hall–Kier alpha value is -1.47. The second kappa shape index (κ2) is 6.53. The Morgan fingerprint density at radius 1 is 1.29 bits per heavy atom. The molecule has 1 saturated carbocycles. The molecular weight excluding hydrogens is 295 g/mol. The molecule has 0 bridgehead atoms. The summed E-state index contributed by atoms with van der Waals surface area (Å²) in [6.07, 6.45) is 4.07. The number of hydrogen-bond donors (Lipinski definition) is 1. The molecular formula is C14H19FN2O3S. The van der Waals surface area contributed by atoms with Gasteiger partial charge in [-0.05, 0) is 37.1 Å². The first kappa shape index (κ1) is 15.9. The van der Waals surface area contributed by atoms with Gasteiger partial charge < -0.3 is 5.32 Å². The molecule has 116 valence electrons. The Balaban J connectivity index is 1.99. The van der Waals surface area contributed by atoms with Crippen LogP contribution in [0.5, 0.6) is 0 Å². The standard InChI is InChI=1S/C14H19FN2O3S/c1-17(10-14(18)16-12-4-2-3-5-12)21(19,20)13-8-6-11(15)7-9-13/h6-9,12H,2-5,10H2,1H3,(H,16,18). The van der Waals surface area contributed by atoms with Crippen LogP contribution in [0.1, 0.15) is 25.7 Å². The molecule has 1 amide bonds. The molecule has 0 unspecified atom stereocenters. The first-order chi connectivity index (χ1) is 9.89. The third-order valence-electron chi connectivity index (χ3n) is 3.61. The zero-order valence-corrected chi connectivity index (χ0v) is 12.7. The Morgan fingerprint density at radius 2 is 1.86 bits per heavy atom. The summed E-state index contributed by atoms with van der Waals surface area (Å²) in [6, 6.07) is 4.70. The van der Waals surface area contributed by atoms with E-state index >= 15 is 0 Å². The predicted octanol–water partition coefficient (Wildman–Crippen LogP) is 1.50. The van der Waals surface area contributed by atoms with Crippen LogP contribution in [-0.4, -0.2) is 38.3 Å². The Morgan fingerprint density at radius 3 is 2.43 bits per heavy atom. The lowest BCUT2D eigenvalue weighted by Crippen LogP contribution is -2.41. The number of carbonyl (C=O) groups is 1. The number of likely N-dealkylation sites (N-methyl/N-ethyl adjacent to an activating group) is 1. The maximum absolute atomic E-state index is 12.8. The van der Waals surface area contributed by atoms with Gasteiger partial charge in [-0.1, -0.05) is 12.8 Å². The van der Waals surface area contributed by atoms with Crippen LogP contribution in [0.4, 0.5) is 4.39 Å². The number of amides is 1. The molecule has 0 atom stereocenters. The van der Waals surface area contributed by atoms with Crippen molar-refractivity contribution in [3.8, 4) is 0 Å². The van der Waals surface area contributed by atoms with Crippen LogP contribution in [0.15, 0.2) is 29.2 Å². The van der Waals surface area contributed by atoms with Gasteiger partial charge in [0, 0.05) is 13.1 Å². The Kier molecular flexibility index (Phi) is 4.95. The van der Waals surface area contributed by atoms with Crippen LogP contribution in [0.2, 0.25) is 0 Å². The summed E-state index contributed by atoms with van der Waals surface area (Å²) < 4.78 is 38.3. The summed E-state index contributed by atoms with van der Waals surface area (Å²) in [5.41, 5.74) is 0. The van der Waals surface area contributed by atoms with Gasteiger partial charge in [-0.15, -0.1) is 0 Å². The first-order valence-electron chi connectivity index (χ1n) is 6.91. The van der Waals surface area contributed by atoms with E-state index in [1.807, 2.05) is 0 Å². The normalized spacial score (nSPS) is 16.3. The van der Waals surface area contributed by atoms with Crippen LogP contribution >= 0.6 is 0 Å². The highest BCUT2D eigenvalue weighted by atomic mass is 32.2. The van der Waals surface area contributed by atoms with Crippen molar-refractivity contribution < 1.29 is 17.6 Å². The van der Waals surface area contributed by atoms with Crippen LogP contribution in [0.25, 0.3) is 0 Å². The van der Waals surface area contributed by atoms with E-state index in [2.05, 4.69) is 5.32 Å². The smallest absolute Gasteiger partial charge is 0.243 e. The summed E-state index contributed by atoms with van der Waals surface area (Å²) in [5.74, 6) is -0.814. The summed E-state index contributed by atoms with van der Waals surface area (Å²) in [6.45, 7) is -0.240. The second-order valence-electron chi connectivity index (χ2n) is 5.26. The lowest BCUT2D eigenvalue weighted by molar-refractivity contribution is -0.121. The Labute approximate surface area is 124 Å². The summed E-state index contributed by atoms with van der Waals surface area (Å²) in [4.78, 5) is 11.8. The molecule has 0 spiro atoms. The van der Waals surface area contributed by atoms with Crippen LogP contribution < -0.4 is 5.32 Å². The first-order valence-corrected chi connectivity index (χ1v) is 8.35. The number of carbonyl (C=O) groups excluding carboxylic acids is 1. The van der Waals surface area contributed by atoms with Gasteiger partial charge in [0.1, 0.15) is 5.82 Å². The van der Waals surface area contributed by atoms with Crippen molar-refractivity contribution in [3.63, 3.8) is 0 Å². The highest BCUT2D eigenvalue weighted by Gasteiger charge is 2.24. The third kappa shape index (κ3) is 4.01. The highest BCUT2D eigenvalue weighted by Crippen LogP contribution is 2.18. The van der Waals surface area contributed by atoms with E-state index in [0.717, 1.165) is 42.1 Å². The molecule has 1 aliphatic rings. The lowest BCUT2D eigenvalue weighted by Gasteiger charge is -2.18. The maximum Gasteiger partial charge on any atom is 0.243 e. The number of nitrogens with one attached hydrogen (secondary N) is 1. The fourth-order valence-corrected chi connectivity index (χ4v) is 3.54. The predicted molar refractivity (Wildman–Crippen MR) is 76.6 cm³/mol. The van der Waals surface area contributed by atoms with Crippen molar-refractivity contribution in [2.24, 2.45) is 0 Å². The SMILES string of the molecule is CN(CC(=O)NC1CCCC1)S(=O)(=O)c1ccc(F)cc1. The zero-order chi connectivity index (χ0) is 15.5. The van der Waals surface area contributed by atoms with Gasteiger partial charge in [-0.3, -0.25) is 4.79 Å². The zero-order valence-electron chi connectivity index (χ0n) is 11.9. The minimum absolute atomic E-state index is 0.0277. The monoisotopic (exact) mass is 314 g/mol. The van der Waals surface area contributed by atoms with E-state index in [4.69, 9.17) is 0 Å². The fraction of sp³-hybridized carbons (Fsp3) is 0.500. The molecule has 1 aromatic rings. The molecule has 0 aliphatic heterocycles. The number of halogens is 1. The van der Waals surface area contributed by atoms with Crippen molar-refractivity contribution in [2.45, 2.75) is 36.6 Å². The summed E-state index contributed by atoms with van der Waals surface area (Å²) >= 11 is 0. The molecule has 1 aromatic carbocycles. The molecule has 0 saturated heterocycles. The van der Waals surface area contributed by atoms with E-state index in [9.17, 15) is 17.6 Å². The molecule has 5 nitrogen and oxygen atoms in total. The van der Waals surface area contributed by atoms with Crippen LogP contribution in [-0.2, 0) is 14.8 Å². The molecule has 2 rings (SSSR count). The Bertz CT molecular complexity index is 595. The van der Waals surface area contributed by atoms with E-state index in [-0.39, 0.29) is 23.4 Å². The van der Waals surface area contributed by atoms with Gasteiger partial charge in [0.25, 0.3) is 0 Å². The molecule has 0 heterocycles. The van der Waals surface area contributed by atoms with Gasteiger partial charge in [-0.2, -0.15) is 4.31 Å². The third-order valence-corrected chi connectivity index (χ3v) is 5.43. The fourth-order valence-electron chi connectivity index (χ4n) is 2.42. The number of rotatable bonds is 5. The number of hydrogen-bond acceptors (Lipinski definition) is 3. The lowest BCUT2D eigenvalue weighted by atomic mass is 10.2. The van der Waals surface area contributed by atoms with Gasteiger partial charge in [0.15, 0.2) is 0 Å². The average Bonchev–Trinajstić information content (AvgIpc) is 2.91. The highest BCUT2D eigenvalue weighted by molar-refractivity contribution is 7.89. The minimum Gasteiger partial charge on any atom is -0.352 e. The van der Waals surface area contributed by atoms with Gasteiger partial charge >= 0.3 is 0 Å². The minimum atomic E-state index is -3.78. The van der Waals surface area contributed by atoms with Crippen molar-refractivity contribution in [1.29, 1.82) is 0 Å². The van der Waals surface area contributed by atoms with Gasteiger partial charge in [0.05, 0.1) is 11.4 Å². The van der Waals surface area contributed by atoms with Crippen LogP contribution in [0, 0.1) is 5.82 Å². The molecule has 1 fully saturated rings. The number of nitrogens with zero attached hydrogens (tertiary/aromatic N) is 1. The molecule has 1 aliphatic carbocycles.